The number of thiophene rings is 1. The second-order valence-corrected chi connectivity index (χ2v) is 4.50. The van der Waals surface area contributed by atoms with Crippen molar-refractivity contribution in [2.24, 2.45) is 0 Å². The third kappa shape index (κ3) is 2.54. The molecule has 16 heavy (non-hydrogen) atoms. The van der Waals surface area contributed by atoms with Gasteiger partial charge in [-0.15, -0.1) is 0 Å². The highest BCUT2D eigenvalue weighted by Crippen LogP contribution is 2.21. The van der Waals surface area contributed by atoms with Gasteiger partial charge in [0.1, 0.15) is 6.07 Å². The fourth-order valence-corrected chi connectivity index (χ4v) is 2.19. The van der Waals surface area contributed by atoms with Gasteiger partial charge >= 0.3 is 0 Å². The predicted octanol–water partition coefficient (Wildman–Crippen LogP) is 3.89. The average Bonchev–Trinajstić information content (AvgIpc) is 2.79. The lowest BCUT2D eigenvalue weighted by atomic mass is 10.2. The van der Waals surface area contributed by atoms with E-state index in [0.717, 1.165) is 5.69 Å². The minimum Gasteiger partial charge on any atom is -0.380 e. The van der Waals surface area contributed by atoms with E-state index < -0.39 is 0 Å². The summed E-state index contributed by atoms with van der Waals surface area (Å²) in [6, 6.07) is 9.39. The lowest BCUT2D eigenvalue weighted by Crippen LogP contribution is -2.00. The Bertz CT molecular complexity index is 514. The summed E-state index contributed by atoms with van der Waals surface area (Å²) < 4.78 is 0. The van der Waals surface area contributed by atoms with Gasteiger partial charge in [-0.25, -0.2) is 0 Å². The van der Waals surface area contributed by atoms with Crippen LogP contribution in [0.3, 0.4) is 0 Å². The summed E-state index contributed by atoms with van der Waals surface area (Å²) in [5.74, 6) is 0. The molecule has 0 radical (unpaired) electrons. The lowest BCUT2D eigenvalue weighted by Gasteiger charge is -2.07. The van der Waals surface area contributed by atoms with Crippen molar-refractivity contribution in [3.8, 4) is 6.07 Å². The molecule has 0 fully saturated rings. The fraction of sp³-hybridized carbons (Fsp3) is 0.0833. The summed E-state index contributed by atoms with van der Waals surface area (Å²) in [4.78, 5) is 0. The van der Waals surface area contributed by atoms with E-state index in [9.17, 15) is 0 Å². The standard InChI is InChI=1S/C12H9ClN2S/c13-11-2-1-10(6-14)12(5-11)15-7-9-3-4-16-8-9/h1-5,8,15H,7H2. The molecule has 0 saturated carbocycles. The Morgan fingerprint density at radius 1 is 1.38 bits per heavy atom. The lowest BCUT2D eigenvalue weighted by molar-refractivity contribution is 1.16. The summed E-state index contributed by atoms with van der Waals surface area (Å²) in [6.07, 6.45) is 0. The van der Waals surface area contributed by atoms with Crippen molar-refractivity contribution in [1.29, 1.82) is 5.26 Å². The van der Waals surface area contributed by atoms with E-state index in [-0.39, 0.29) is 0 Å². The molecule has 0 spiro atoms. The zero-order valence-corrected chi connectivity index (χ0v) is 9.98. The van der Waals surface area contributed by atoms with Gasteiger partial charge in [0.05, 0.1) is 11.3 Å². The van der Waals surface area contributed by atoms with Crippen LogP contribution >= 0.6 is 22.9 Å². The van der Waals surface area contributed by atoms with E-state index >= 15 is 0 Å². The third-order valence-electron chi connectivity index (χ3n) is 2.17. The summed E-state index contributed by atoms with van der Waals surface area (Å²) >= 11 is 7.54. The van der Waals surface area contributed by atoms with Crippen LogP contribution in [0.4, 0.5) is 5.69 Å². The number of benzene rings is 1. The van der Waals surface area contributed by atoms with Gasteiger partial charge in [-0.05, 0) is 40.6 Å². The summed E-state index contributed by atoms with van der Waals surface area (Å²) in [6.45, 7) is 0.707. The van der Waals surface area contributed by atoms with Crippen molar-refractivity contribution >= 4 is 28.6 Å². The Balaban J connectivity index is 2.15. The first kappa shape index (κ1) is 11.0. The van der Waals surface area contributed by atoms with E-state index in [1.54, 1.807) is 29.5 Å². The molecule has 80 valence electrons. The van der Waals surface area contributed by atoms with E-state index in [4.69, 9.17) is 16.9 Å². The number of rotatable bonds is 3. The number of nitrogens with one attached hydrogen (secondary N) is 1. The Hall–Kier alpha value is -1.50. The Labute approximate surface area is 103 Å². The Morgan fingerprint density at radius 3 is 2.94 bits per heavy atom. The third-order valence-corrected chi connectivity index (χ3v) is 3.13. The SMILES string of the molecule is N#Cc1ccc(Cl)cc1NCc1ccsc1. The van der Waals surface area contributed by atoms with Crippen molar-refractivity contribution < 1.29 is 0 Å². The van der Waals surface area contributed by atoms with Gasteiger partial charge in [0, 0.05) is 11.6 Å². The van der Waals surface area contributed by atoms with E-state index in [1.807, 2.05) is 11.4 Å². The number of hydrogen-bond donors (Lipinski definition) is 1. The van der Waals surface area contributed by atoms with Crippen LogP contribution in [0.25, 0.3) is 0 Å². The van der Waals surface area contributed by atoms with Crippen LogP contribution in [-0.2, 0) is 6.54 Å². The number of anilines is 1. The summed E-state index contributed by atoms with van der Waals surface area (Å²) in [7, 11) is 0. The number of hydrogen-bond acceptors (Lipinski definition) is 3. The minimum atomic E-state index is 0.611. The molecule has 2 nitrogen and oxygen atoms in total. The van der Waals surface area contributed by atoms with Crippen molar-refractivity contribution in [1.82, 2.24) is 0 Å². The minimum absolute atomic E-state index is 0.611. The van der Waals surface area contributed by atoms with Gasteiger partial charge in [-0.3, -0.25) is 0 Å². The average molecular weight is 249 g/mol. The molecule has 4 heteroatoms. The first-order valence-electron chi connectivity index (χ1n) is 4.74. The van der Waals surface area contributed by atoms with Gasteiger partial charge < -0.3 is 5.32 Å². The van der Waals surface area contributed by atoms with Crippen molar-refractivity contribution in [2.75, 3.05) is 5.32 Å². The van der Waals surface area contributed by atoms with Crippen LogP contribution in [-0.4, -0.2) is 0 Å². The molecule has 2 rings (SSSR count). The topological polar surface area (TPSA) is 35.8 Å². The monoisotopic (exact) mass is 248 g/mol. The second-order valence-electron chi connectivity index (χ2n) is 3.29. The molecule has 0 amide bonds. The molecule has 0 atom stereocenters. The number of nitrogens with zero attached hydrogens (tertiary/aromatic N) is 1. The van der Waals surface area contributed by atoms with Crippen LogP contribution < -0.4 is 5.32 Å². The van der Waals surface area contributed by atoms with Crippen molar-refractivity contribution in [2.45, 2.75) is 6.54 Å². The Morgan fingerprint density at radius 2 is 2.25 bits per heavy atom. The predicted molar refractivity (Wildman–Crippen MR) is 67.8 cm³/mol. The van der Waals surface area contributed by atoms with Gasteiger partial charge in [0.15, 0.2) is 0 Å². The molecule has 0 unspecified atom stereocenters. The molecular weight excluding hydrogens is 240 g/mol. The van der Waals surface area contributed by atoms with Gasteiger partial charge in [-0.1, -0.05) is 11.6 Å². The van der Waals surface area contributed by atoms with Crippen LogP contribution in [0.5, 0.6) is 0 Å². The van der Waals surface area contributed by atoms with Crippen LogP contribution in [0.1, 0.15) is 11.1 Å². The largest absolute Gasteiger partial charge is 0.380 e. The summed E-state index contributed by atoms with van der Waals surface area (Å²) in [5.41, 5.74) is 2.59. The van der Waals surface area contributed by atoms with Gasteiger partial charge in [0.25, 0.3) is 0 Å². The smallest absolute Gasteiger partial charge is 0.101 e. The quantitative estimate of drug-likeness (QED) is 0.895. The molecule has 1 N–H and O–H groups in total. The highest BCUT2D eigenvalue weighted by Gasteiger charge is 2.02. The highest BCUT2D eigenvalue weighted by atomic mass is 35.5. The fourth-order valence-electron chi connectivity index (χ4n) is 1.35. The van der Waals surface area contributed by atoms with E-state index in [1.165, 1.54) is 5.56 Å². The number of halogens is 1. The molecule has 2 aromatic rings. The normalized spacial score (nSPS) is 9.75. The van der Waals surface area contributed by atoms with E-state index in [2.05, 4.69) is 16.8 Å². The van der Waals surface area contributed by atoms with Crippen molar-refractivity contribution in [3.63, 3.8) is 0 Å². The first-order valence-corrected chi connectivity index (χ1v) is 6.06. The maximum atomic E-state index is 8.94. The number of nitriles is 1. The van der Waals surface area contributed by atoms with Gasteiger partial charge in [0.2, 0.25) is 0 Å². The molecular formula is C12H9ClN2S. The van der Waals surface area contributed by atoms with Crippen LogP contribution in [0.2, 0.25) is 5.02 Å². The molecule has 1 aromatic carbocycles. The first-order chi connectivity index (χ1) is 7.79. The maximum absolute atomic E-state index is 8.94. The second kappa shape index (κ2) is 5.02. The zero-order valence-electron chi connectivity index (χ0n) is 8.40. The molecule has 1 aromatic heterocycles. The molecule has 0 aliphatic carbocycles. The molecule has 0 aliphatic heterocycles. The van der Waals surface area contributed by atoms with Crippen LogP contribution in [0, 0.1) is 11.3 Å². The maximum Gasteiger partial charge on any atom is 0.101 e. The zero-order chi connectivity index (χ0) is 11.4. The molecule has 0 aliphatic rings. The molecule has 1 heterocycles. The van der Waals surface area contributed by atoms with E-state index in [0.29, 0.717) is 17.1 Å². The summed E-state index contributed by atoms with van der Waals surface area (Å²) in [5, 5.41) is 16.9. The Kier molecular flexibility index (Phi) is 3.45. The van der Waals surface area contributed by atoms with Crippen molar-refractivity contribution in [3.05, 3.63) is 51.2 Å². The molecule has 0 bridgehead atoms. The van der Waals surface area contributed by atoms with Crippen LogP contribution in [0.15, 0.2) is 35.0 Å². The molecule has 0 saturated heterocycles. The highest BCUT2D eigenvalue weighted by molar-refractivity contribution is 7.07. The van der Waals surface area contributed by atoms with Gasteiger partial charge in [-0.2, -0.15) is 16.6 Å².